The number of benzene rings is 2. The van der Waals surface area contributed by atoms with Crippen molar-refractivity contribution in [1.82, 2.24) is 29.7 Å². The lowest BCUT2D eigenvalue weighted by atomic mass is 9.92. The van der Waals surface area contributed by atoms with E-state index >= 15 is 0 Å². The number of carbonyl (C=O) groups excluding carboxylic acids is 4. The van der Waals surface area contributed by atoms with Crippen LogP contribution < -0.4 is 24.3 Å². The molecule has 1 aliphatic carbocycles. The van der Waals surface area contributed by atoms with Crippen LogP contribution in [0.5, 0.6) is 23.3 Å². The largest absolute Gasteiger partial charge is 0.494 e. The molecule has 4 amide bonds. The summed E-state index contributed by atoms with van der Waals surface area (Å²) in [5, 5.41) is 4.53. The first-order valence-corrected chi connectivity index (χ1v) is 20.0. The van der Waals surface area contributed by atoms with Gasteiger partial charge in [0.05, 0.1) is 29.9 Å². The molecule has 6 aromatic rings. The Kier molecular flexibility index (Phi) is 10.4. The highest BCUT2D eigenvalue weighted by atomic mass is 16.5. The summed E-state index contributed by atoms with van der Waals surface area (Å²) in [5.74, 6) is 0.152. The van der Waals surface area contributed by atoms with Crippen molar-refractivity contribution in [1.29, 1.82) is 0 Å². The highest BCUT2D eigenvalue weighted by Gasteiger charge is 2.44. The van der Waals surface area contributed by atoms with Gasteiger partial charge in [-0.3, -0.25) is 34.4 Å². The van der Waals surface area contributed by atoms with E-state index in [1.165, 1.54) is 5.39 Å². The minimum Gasteiger partial charge on any atom is -0.494 e. The zero-order valence-corrected chi connectivity index (χ0v) is 32.5. The number of piperidine rings is 1. The third kappa shape index (κ3) is 7.77. The Morgan fingerprint density at radius 2 is 1.47 bits per heavy atom. The summed E-state index contributed by atoms with van der Waals surface area (Å²) in [6.45, 7) is 0.959. The van der Waals surface area contributed by atoms with E-state index in [1.54, 1.807) is 24.4 Å². The fourth-order valence-electron chi connectivity index (χ4n) is 7.94. The lowest BCUT2D eigenvalue weighted by Crippen LogP contribution is -2.54. The van der Waals surface area contributed by atoms with E-state index in [9.17, 15) is 19.2 Å². The highest BCUT2D eigenvalue weighted by molar-refractivity contribution is 6.23. The van der Waals surface area contributed by atoms with Gasteiger partial charge in [-0.15, -0.1) is 0 Å². The van der Waals surface area contributed by atoms with E-state index in [-0.39, 0.29) is 36.2 Å². The molecule has 2 aliphatic heterocycles. The molecule has 1 atom stereocenters. The molecule has 6 heterocycles. The predicted molar refractivity (Wildman–Crippen MR) is 216 cm³/mol. The Hall–Kier alpha value is -6.83. The predicted octanol–water partition coefficient (Wildman–Crippen LogP) is 6.59. The maximum absolute atomic E-state index is 13.1. The van der Waals surface area contributed by atoms with Gasteiger partial charge < -0.3 is 23.5 Å². The second-order valence-electron chi connectivity index (χ2n) is 15.1. The van der Waals surface area contributed by atoms with Crippen LogP contribution >= 0.6 is 0 Å². The highest BCUT2D eigenvalue weighted by Crippen LogP contribution is 2.34. The van der Waals surface area contributed by atoms with E-state index in [4.69, 9.17) is 18.9 Å². The third-order valence-electron chi connectivity index (χ3n) is 11.2. The molecule has 1 unspecified atom stereocenters. The number of hydrogen-bond donors (Lipinski definition) is 1. The molecule has 1 saturated heterocycles. The van der Waals surface area contributed by atoms with Crippen molar-refractivity contribution >= 4 is 45.4 Å². The zero-order valence-electron chi connectivity index (χ0n) is 32.5. The number of unbranched alkanes of at least 4 members (excludes halogenated alkanes) is 3. The maximum atomic E-state index is 13.1. The van der Waals surface area contributed by atoms with Crippen molar-refractivity contribution in [3.05, 3.63) is 103 Å². The van der Waals surface area contributed by atoms with Gasteiger partial charge in [0.25, 0.3) is 11.8 Å². The molecule has 3 aliphatic rings. The normalized spacial score (nSPS) is 18.8. The van der Waals surface area contributed by atoms with Crippen LogP contribution in [0, 0.1) is 0 Å². The number of nitrogens with one attached hydrogen (secondary N) is 1. The molecule has 0 radical (unpaired) electrons. The molecule has 14 nitrogen and oxygen atoms in total. The zero-order chi connectivity index (χ0) is 40.5. The molecular weight excluding hydrogens is 753 g/mol. The summed E-state index contributed by atoms with van der Waals surface area (Å²) in [5.41, 5.74) is 4.84. The van der Waals surface area contributed by atoms with Crippen LogP contribution in [0.2, 0.25) is 0 Å². The van der Waals surface area contributed by atoms with Crippen LogP contribution in [0.15, 0.2) is 91.5 Å². The SMILES string of the molecule is Cn1c2ccncc2c2ccc(-c3ccc(O[C@H]4C[C@H](Oc5ccnc(OCCCCCCOc6ccc7c(c6)C(=O)N(C6CCC(=O)NC6=O)C7=O)c5)C4)nc3)cc21. The van der Waals surface area contributed by atoms with Crippen molar-refractivity contribution in [2.45, 2.75) is 69.6 Å². The fourth-order valence-corrected chi connectivity index (χ4v) is 7.94. The number of carbonyl (C=O) groups is 4. The van der Waals surface area contributed by atoms with E-state index in [0.717, 1.165) is 71.0 Å². The van der Waals surface area contributed by atoms with Crippen LogP contribution in [0.25, 0.3) is 32.9 Å². The fraction of sp³-hybridized carbons (Fsp3) is 0.311. The Balaban J connectivity index is 0.664. The number of pyridine rings is 3. The van der Waals surface area contributed by atoms with Gasteiger partial charge in [-0.05, 0) is 80.1 Å². The number of ether oxygens (including phenoxy) is 4. The number of fused-ring (bicyclic) bond motifs is 4. The number of nitrogens with zero attached hydrogens (tertiary/aromatic N) is 5. The lowest BCUT2D eigenvalue weighted by Gasteiger charge is -2.35. The molecule has 0 bridgehead atoms. The minimum atomic E-state index is -0.999. The summed E-state index contributed by atoms with van der Waals surface area (Å²) in [4.78, 5) is 64.0. The quantitative estimate of drug-likeness (QED) is 0.0881. The Bertz CT molecular complexity index is 2580. The summed E-state index contributed by atoms with van der Waals surface area (Å²) in [7, 11) is 2.08. The Labute approximate surface area is 339 Å². The molecule has 9 rings (SSSR count). The van der Waals surface area contributed by atoms with Crippen molar-refractivity contribution in [3.63, 3.8) is 0 Å². The summed E-state index contributed by atoms with van der Waals surface area (Å²) < 4.78 is 26.3. The third-order valence-corrected chi connectivity index (χ3v) is 11.2. The topological polar surface area (TPSA) is 164 Å². The smallest absolute Gasteiger partial charge is 0.262 e. The van der Waals surface area contributed by atoms with Gasteiger partial charge in [0.2, 0.25) is 23.6 Å². The van der Waals surface area contributed by atoms with Crippen molar-refractivity contribution in [2.24, 2.45) is 7.05 Å². The van der Waals surface area contributed by atoms with Gasteiger partial charge in [0, 0.05) is 85.1 Å². The first kappa shape index (κ1) is 37.7. The lowest BCUT2D eigenvalue weighted by molar-refractivity contribution is -0.136. The van der Waals surface area contributed by atoms with Gasteiger partial charge in [-0.1, -0.05) is 12.1 Å². The van der Waals surface area contributed by atoms with Gasteiger partial charge in [-0.25, -0.2) is 9.97 Å². The van der Waals surface area contributed by atoms with Gasteiger partial charge in [0.15, 0.2) is 0 Å². The number of imide groups is 2. The Morgan fingerprint density at radius 3 is 2.29 bits per heavy atom. The van der Waals surface area contributed by atoms with E-state index < -0.39 is 29.7 Å². The second-order valence-corrected chi connectivity index (χ2v) is 15.1. The van der Waals surface area contributed by atoms with Crippen LogP contribution in [-0.2, 0) is 16.6 Å². The molecule has 1 saturated carbocycles. The molecule has 0 spiro atoms. The molecule has 2 fully saturated rings. The second kappa shape index (κ2) is 16.2. The van der Waals surface area contributed by atoms with Crippen LogP contribution in [0.3, 0.4) is 0 Å². The number of rotatable bonds is 15. The first-order chi connectivity index (χ1) is 28.8. The van der Waals surface area contributed by atoms with Crippen LogP contribution in [0.1, 0.15) is 72.1 Å². The van der Waals surface area contributed by atoms with Crippen LogP contribution in [-0.4, -0.2) is 79.5 Å². The molecule has 300 valence electrons. The van der Waals surface area contributed by atoms with Gasteiger partial charge >= 0.3 is 0 Å². The number of aromatic nitrogens is 4. The number of aryl methyl sites for hydroxylation is 1. The summed E-state index contributed by atoms with van der Waals surface area (Å²) in [6.07, 6.45) is 12.5. The minimum absolute atomic E-state index is 0.0307. The average Bonchev–Trinajstić information content (AvgIpc) is 3.66. The molecule has 1 N–H and O–H groups in total. The van der Waals surface area contributed by atoms with Gasteiger partial charge in [0.1, 0.15) is 29.7 Å². The molecule has 59 heavy (non-hydrogen) atoms. The van der Waals surface area contributed by atoms with Crippen molar-refractivity contribution in [3.8, 4) is 34.4 Å². The van der Waals surface area contributed by atoms with Crippen molar-refractivity contribution < 1.29 is 38.1 Å². The van der Waals surface area contributed by atoms with Crippen molar-refractivity contribution in [2.75, 3.05) is 13.2 Å². The van der Waals surface area contributed by atoms with Crippen LogP contribution in [0.4, 0.5) is 0 Å². The molecule has 4 aromatic heterocycles. The first-order valence-electron chi connectivity index (χ1n) is 20.0. The van der Waals surface area contributed by atoms with E-state index in [1.807, 2.05) is 48.9 Å². The summed E-state index contributed by atoms with van der Waals surface area (Å²) >= 11 is 0. The van der Waals surface area contributed by atoms with E-state index in [2.05, 4.69) is 50.1 Å². The molecular formula is C45H42N6O8. The number of hydrogen-bond acceptors (Lipinski definition) is 11. The summed E-state index contributed by atoms with van der Waals surface area (Å²) in [6, 6.07) is 19.8. The maximum Gasteiger partial charge on any atom is 0.262 e. The standard InChI is InChI=1S/C45H42N6O8/c1-50-37-15-16-46-26-36(37)33-9-6-27(20-39(33)50)28-7-13-41(48-25-28)59-32-21-31(22-32)58-30-14-17-47-42(24-30)57-19-5-3-2-4-18-56-29-8-10-34-35(23-29)45(55)51(44(34)54)38-11-12-40(52)49-43(38)53/h6-10,13-17,20,23-26,31-32,38H,2-5,11-12,18-19,21-22H2,1H3,(H,49,52,53)/t31-,32-,38?. The average molecular weight is 795 g/mol. The van der Waals surface area contributed by atoms with E-state index in [0.29, 0.717) is 36.5 Å². The Morgan fingerprint density at radius 1 is 0.678 bits per heavy atom. The van der Waals surface area contributed by atoms with Gasteiger partial charge in [-0.2, -0.15) is 0 Å². The molecule has 2 aromatic carbocycles. The number of amides is 4. The molecule has 14 heteroatoms. The monoisotopic (exact) mass is 794 g/mol.